The van der Waals surface area contributed by atoms with Crippen LogP contribution in [-0.2, 0) is 38.2 Å². The van der Waals surface area contributed by atoms with E-state index in [1.807, 2.05) is 6.07 Å². The van der Waals surface area contributed by atoms with Gasteiger partial charge in [0.1, 0.15) is 25.4 Å². The average molecular weight is 508 g/mol. The molecule has 1 aliphatic rings. The van der Waals surface area contributed by atoms with Gasteiger partial charge < -0.3 is 24.4 Å². The third kappa shape index (κ3) is 28.0. The van der Waals surface area contributed by atoms with E-state index < -0.39 is 11.9 Å². The number of hydrogen-bond donors (Lipinski definition) is 1. The zero-order valence-corrected chi connectivity index (χ0v) is 21.6. The van der Waals surface area contributed by atoms with Crippen molar-refractivity contribution in [3.8, 4) is 6.07 Å². The second-order valence-corrected chi connectivity index (χ2v) is 6.95. The number of amides is 2. The number of nitriles is 1. The first kappa shape index (κ1) is 36.5. The van der Waals surface area contributed by atoms with Crippen LogP contribution in [0.4, 0.5) is 0 Å². The number of esters is 2. The first-order chi connectivity index (χ1) is 16.8. The molecule has 11 nitrogen and oxygen atoms in total. The van der Waals surface area contributed by atoms with E-state index in [1.54, 1.807) is 11.8 Å². The Morgan fingerprint density at radius 1 is 1.00 bits per heavy atom. The maximum absolute atomic E-state index is 10.9. The topological polar surface area (TPSA) is 152 Å². The Balaban J connectivity index is -0.000000445. The molecule has 1 N–H and O–H groups in total. The number of ether oxygens (including phenoxy) is 3. The van der Waals surface area contributed by atoms with Gasteiger partial charge in [0.2, 0.25) is 11.8 Å². The Bertz CT molecular complexity index is 822. The first-order valence-electron chi connectivity index (χ1n) is 10.7. The summed E-state index contributed by atoms with van der Waals surface area (Å²) in [6, 6.07) is 1.83. The van der Waals surface area contributed by atoms with E-state index >= 15 is 0 Å². The summed E-state index contributed by atoms with van der Waals surface area (Å²) < 4.78 is 14.3. The second kappa shape index (κ2) is 24.1. The van der Waals surface area contributed by atoms with Gasteiger partial charge in [0, 0.05) is 31.2 Å². The van der Waals surface area contributed by atoms with Crippen molar-refractivity contribution in [2.45, 2.75) is 34.1 Å². The van der Waals surface area contributed by atoms with E-state index in [0.717, 1.165) is 0 Å². The maximum Gasteiger partial charge on any atom is 0.333 e. The van der Waals surface area contributed by atoms with Crippen molar-refractivity contribution in [2.75, 3.05) is 39.5 Å². The zero-order valence-electron chi connectivity index (χ0n) is 21.6. The molecule has 200 valence electrons. The number of Topliss-reactive ketones (excluding diaryl/α,β-unsaturated/α-hetero) is 1. The summed E-state index contributed by atoms with van der Waals surface area (Å²) >= 11 is 0. The van der Waals surface area contributed by atoms with Crippen LogP contribution in [0.25, 0.3) is 0 Å². The third-order valence-electron chi connectivity index (χ3n) is 3.31. The molecule has 0 aromatic heterocycles. The summed E-state index contributed by atoms with van der Waals surface area (Å²) in [6.07, 6.45) is 2.43. The fourth-order valence-corrected chi connectivity index (χ4v) is 1.72. The third-order valence-corrected chi connectivity index (χ3v) is 3.31. The van der Waals surface area contributed by atoms with Gasteiger partial charge in [-0.05, 0) is 33.0 Å². The molecular weight excluding hydrogens is 470 g/mol. The fraction of sp³-hybridized carbons (Fsp3) is 0.440. The van der Waals surface area contributed by atoms with Gasteiger partial charge in [-0.2, -0.15) is 5.26 Å². The molecule has 1 rings (SSSR count). The standard InChI is InChI=1S/C10H14O5.C7H11NO2.C4H7NO.C4H5N/c1-7(2)10(13)15-5-4-14-9(12)6-8(3)11;1-2-7(9)8-3-5-10-6-4-8;1-3-5-4(2)6;1-4(2)3-5/h1,4-6H2,2-3H3;2H,1,3-6H2;3H,1H2,2H3,(H,5,6);1H2,2H3. The lowest BCUT2D eigenvalue weighted by atomic mass is 10.3. The van der Waals surface area contributed by atoms with Crippen molar-refractivity contribution in [3.63, 3.8) is 0 Å². The summed E-state index contributed by atoms with van der Waals surface area (Å²) in [5.41, 5.74) is 0.843. The molecule has 1 fully saturated rings. The largest absolute Gasteiger partial charge is 0.462 e. The number of carbonyl (C=O) groups is 5. The second-order valence-electron chi connectivity index (χ2n) is 6.95. The molecule has 0 unspecified atom stereocenters. The fourth-order valence-electron chi connectivity index (χ4n) is 1.72. The van der Waals surface area contributed by atoms with Crippen molar-refractivity contribution in [1.82, 2.24) is 10.2 Å². The van der Waals surface area contributed by atoms with Crippen LogP contribution in [0.2, 0.25) is 0 Å². The Labute approximate surface area is 213 Å². The Kier molecular flexibility index (Phi) is 24.4. The number of carbonyl (C=O) groups excluding carboxylic acids is 5. The van der Waals surface area contributed by atoms with Crippen LogP contribution in [0, 0.1) is 11.3 Å². The Morgan fingerprint density at radius 3 is 1.83 bits per heavy atom. The van der Waals surface area contributed by atoms with Gasteiger partial charge in [-0.1, -0.05) is 26.3 Å². The maximum atomic E-state index is 10.9. The molecule has 1 aliphatic heterocycles. The molecule has 0 radical (unpaired) electrons. The van der Waals surface area contributed by atoms with Gasteiger partial charge >= 0.3 is 11.9 Å². The number of morpholine rings is 1. The molecule has 0 bridgehead atoms. The van der Waals surface area contributed by atoms with E-state index in [9.17, 15) is 24.0 Å². The minimum Gasteiger partial charge on any atom is -0.462 e. The van der Waals surface area contributed by atoms with Gasteiger partial charge in [0.15, 0.2) is 0 Å². The first-order valence-corrected chi connectivity index (χ1v) is 10.7. The smallest absolute Gasteiger partial charge is 0.333 e. The monoisotopic (exact) mass is 507 g/mol. The lowest BCUT2D eigenvalue weighted by molar-refractivity contribution is -0.151. The predicted molar refractivity (Wildman–Crippen MR) is 134 cm³/mol. The van der Waals surface area contributed by atoms with E-state index in [4.69, 9.17) is 10.00 Å². The number of rotatable bonds is 8. The Morgan fingerprint density at radius 2 is 1.50 bits per heavy atom. The van der Waals surface area contributed by atoms with Crippen LogP contribution < -0.4 is 5.32 Å². The van der Waals surface area contributed by atoms with E-state index in [1.165, 1.54) is 33.0 Å². The molecule has 0 saturated carbocycles. The van der Waals surface area contributed by atoms with Gasteiger partial charge in [-0.3, -0.25) is 19.2 Å². The van der Waals surface area contributed by atoms with Gasteiger partial charge in [-0.25, -0.2) is 4.79 Å². The highest BCUT2D eigenvalue weighted by Crippen LogP contribution is 1.97. The molecule has 0 aliphatic carbocycles. The predicted octanol–water partition coefficient (Wildman–Crippen LogP) is 2.01. The molecule has 2 amide bonds. The lowest BCUT2D eigenvalue weighted by Gasteiger charge is -2.25. The van der Waals surface area contributed by atoms with Crippen LogP contribution in [0.5, 0.6) is 0 Å². The lowest BCUT2D eigenvalue weighted by Crippen LogP contribution is -2.39. The summed E-state index contributed by atoms with van der Waals surface area (Å²) in [5.74, 6) is -1.49. The number of allylic oxidation sites excluding steroid dienone is 1. The number of nitrogens with zero attached hydrogens (tertiary/aromatic N) is 2. The van der Waals surface area contributed by atoms with E-state index in [-0.39, 0.29) is 42.8 Å². The molecule has 0 aromatic rings. The minimum atomic E-state index is -0.617. The Hall–Kier alpha value is -4.04. The number of hydrogen-bond acceptors (Lipinski definition) is 9. The summed E-state index contributed by atoms with van der Waals surface area (Å²) in [5, 5.41) is 10.1. The van der Waals surface area contributed by atoms with Crippen molar-refractivity contribution >= 4 is 29.5 Å². The average Bonchev–Trinajstić information content (AvgIpc) is 2.82. The highest BCUT2D eigenvalue weighted by molar-refractivity contribution is 5.94. The highest BCUT2D eigenvalue weighted by Gasteiger charge is 2.12. The van der Waals surface area contributed by atoms with Crippen LogP contribution in [0.1, 0.15) is 34.1 Å². The van der Waals surface area contributed by atoms with Crippen LogP contribution in [-0.4, -0.2) is 74.0 Å². The molecule has 0 atom stereocenters. The summed E-state index contributed by atoms with van der Waals surface area (Å²) in [7, 11) is 0. The molecule has 36 heavy (non-hydrogen) atoms. The molecular formula is C25H37N3O8. The van der Waals surface area contributed by atoms with Crippen molar-refractivity contribution in [3.05, 3.63) is 49.7 Å². The van der Waals surface area contributed by atoms with Crippen LogP contribution in [0.15, 0.2) is 49.7 Å². The van der Waals surface area contributed by atoms with E-state index in [0.29, 0.717) is 31.9 Å². The molecule has 1 saturated heterocycles. The van der Waals surface area contributed by atoms with Crippen LogP contribution in [0.3, 0.4) is 0 Å². The number of ketones is 1. The molecule has 11 heteroatoms. The SMILES string of the molecule is C=C(C)C#N.C=C(C)C(=O)OCCOC(=O)CC(C)=O.C=CC(=O)N1CCOCC1.C=CNC(C)=O. The minimum absolute atomic E-state index is 0.00306. The van der Waals surface area contributed by atoms with Gasteiger partial charge in [0.25, 0.3) is 0 Å². The number of nitrogens with one attached hydrogen (secondary N) is 1. The molecule has 1 heterocycles. The van der Waals surface area contributed by atoms with Crippen molar-refractivity contribution in [1.29, 1.82) is 5.26 Å². The van der Waals surface area contributed by atoms with E-state index in [2.05, 4.69) is 41.1 Å². The zero-order chi connectivity index (χ0) is 28.5. The van der Waals surface area contributed by atoms with Crippen molar-refractivity contribution in [2.24, 2.45) is 0 Å². The summed E-state index contributed by atoms with van der Waals surface area (Å²) in [6.45, 7) is 21.9. The highest BCUT2D eigenvalue weighted by atomic mass is 16.6. The van der Waals surface area contributed by atoms with Gasteiger partial charge in [-0.15, -0.1) is 0 Å². The van der Waals surface area contributed by atoms with Gasteiger partial charge in [0.05, 0.1) is 19.3 Å². The normalized spacial score (nSPS) is 10.9. The molecule has 0 aromatic carbocycles. The van der Waals surface area contributed by atoms with Crippen LogP contribution >= 0.6 is 0 Å². The quantitative estimate of drug-likeness (QED) is 0.171. The summed E-state index contributed by atoms with van der Waals surface area (Å²) in [4.78, 5) is 54.7. The van der Waals surface area contributed by atoms with Crippen molar-refractivity contribution < 1.29 is 38.2 Å². The molecule has 0 spiro atoms.